The van der Waals surface area contributed by atoms with E-state index in [9.17, 15) is 0 Å². The van der Waals surface area contributed by atoms with Gasteiger partial charge in [-0.2, -0.15) is 0 Å². The summed E-state index contributed by atoms with van der Waals surface area (Å²) in [6, 6.07) is 18.6. The lowest BCUT2D eigenvalue weighted by atomic mass is 10.1. The fourth-order valence-electron chi connectivity index (χ4n) is 2.84. The Hall–Kier alpha value is -2.35. The van der Waals surface area contributed by atoms with Crippen LogP contribution in [0.3, 0.4) is 0 Å². The third-order valence-electron chi connectivity index (χ3n) is 4.24. The average molecular weight is 320 g/mol. The molecule has 0 aliphatic carbocycles. The Morgan fingerprint density at radius 2 is 1.71 bits per heavy atom. The molecule has 0 unspecified atom stereocenters. The highest BCUT2D eigenvalue weighted by atomic mass is 15.1. The second-order valence-electron chi connectivity index (χ2n) is 6.06. The van der Waals surface area contributed by atoms with Gasteiger partial charge in [0.2, 0.25) is 0 Å². The van der Waals surface area contributed by atoms with E-state index in [1.54, 1.807) is 0 Å². The van der Waals surface area contributed by atoms with E-state index in [1.807, 2.05) is 24.3 Å². The van der Waals surface area contributed by atoms with Crippen molar-refractivity contribution in [1.82, 2.24) is 0 Å². The van der Waals surface area contributed by atoms with E-state index in [1.165, 1.54) is 37.8 Å². The van der Waals surface area contributed by atoms with Gasteiger partial charge in [-0.3, -0.25) is 4.99 Å². The van der Waals surface area contributed by atoms with Gasteiger partial charge < -0.3 is 4.90 Å². The predicted octanol–water partition coefficient (Wildman–Crippen LogP) is 6.47. The van der Waals surface area contributed by atoms with Gasteiger partial charge in [0.15, 0.2) is 0 Å². The molecule has 2 heteroatoms. The zero-order chi connectivity index (χ0) is 17.2. The Bertz CT molecular complexity index is 646. The van der Waals surface area contributed by atoms with Gasteiger partial charge in [0, 0.05) is 17.9 Å². The second-order valence-corrected chi connectivity index (χ2v) is 6.06. The minimum absolute atomic E-state index is 0.879. The minimum atomic E-state index is 0.879. The minimum Gasteiger partial charge on any atom is -0.341 e. The van der Waals surface area contributed by atoms with Crippen LogP contribution in [0.5, 0.6) is 0 Å². The average Bonchev–Trinajstić information content (AvgIpc) is 2.65. The monoisotopic (exact) mass is 320 g/mol. The molecule has 126 valence electrons. The van der Waals surface area contributed by atoms with Crippen LogP contribution in [0.25, 0.3) is 5.70 Å². The molecule has 0 bridgehead atoms. The van der Waals surface area contributed by atoms with Crippen molar-refractivity contribution in [2.45, 2.75) is 39.0 Å². The standard InChI is InChI=1S/C22H28N2/c1-4-5-6-7-11-17-24(22-15-9-8-10-16-22)19(2)20-13-12-14-21(18-20)23-3/h8-10,12-16,18H,2-7,11,17H2,1H3. The van der Waals surface area contributed by atoms with Gasteiger partial charge in [-0.15, -0.1) is 0 Å². The summed E-state index contributed by atoms with van der Waals surface area (Å²) >= 11 is 0. The second kappa shape index (κ2) is 9.71. The molecule has 0 atom stereocenters. The largest absolute Gasteiger partial charge is 0.341 e. The van der Waals surface area contributed by atoms with E-state index in [2.05, 4.69) is 60.4 Å². The molecular weight excluding hydrogens is 292 g/mol. The maximum absolute atomic E-state index is 4.36. The molecule has 0 aliphatic rings. The maximum atomic E-state index is 4.36. The summed E-state index contributed by atoms with van der Waals surface area (Å²) in [5.41, 5.74) is 4.18. The molecule has 0 heterocycles. The van der Waals surface area contributed by atoms with Gasteiger partial charge in [0.25, 0.3) is 0 Å². The van der Waals surface area contributed by atoms with Crippen LogP contribution in [0.15, 0.2) is 66.2 Å². The fraction of sp³-hybridized carbons (Fsp3) is 0.318. The molecule has 0 saturated heterocycles. The van der Waals surface area contributed by atoms with Crippen LogP contribution in [0, 0.1) is 0 Å². The lowest BCUT2D eigenvalue weighted by molar-refractivity contribution is 0.635. The van der Waals surface area contributed by atoms with Gasteiger partial charge in [-0.1, -0.05) is 69.5 Å². The van der Waals surface area contributed by atoms with Crippen LogP contribution in [-0.2, 0) is 0 Å². The number of anilines is 1. The van der Waals surface area contributed by atoms with Crippen molar-refractivity contribution in [3.63, 3.8) is 0 Å². The predicted molar refractivity (Wildman–Crippen MR) is 107 cm³/mol. The highest BCUT2D eigenvalue weighted by Crippen LogP contribution is 2.27. The highest BCUT2D eigenvalue weighted by molar-refractivity contribution is 5.79. The van der Waals surface area contributed by atoms with Gasteiger partial charge >= 0.3 is 0 Å². The summed E-state index contributed by atoms with van der Waals surface area (Å²) in [6.45, 7) is 11.2. The summed E-state index contributed by atoms with van der Waals surface area (Å²) in [7, 11) is 0. The van der Waals surface area contributed by atoms with Crippen LogP contribution < -0.4 is 4.90 Å². The molecule has 0 amide bonds. The Morgan fingerprint density at radius 1 is 0.958 bits per heavy atom. The molecule has 0 N–H and O–H groups in total. The Balaban J connectivity index is 2.15. The summed E-state index contributed by atoms with van der Waals surface area (Å²) in [5.74, 6) is 0. The quantitative estimate of drug-likeness (QED) is 0.362. The first-order valence-electron chi connectivity index (χ1n) is 8.85. The SMILES string of the molecule is C=Nc1cccc(C(=C)N(CCCCCCC)c2ccccc2)c1. The maximum Gasteiger partial charge on any atom is 0.0629 e. The van der Waals surface area contributed by atoms with Crippen molar-refractivity contribution in [2.75, 3.05) is 11.4 Å². The molecule has 0 radical (unpaired) electrons. The van der Waals surface area contributed by atoms with E-state index in [-0.39, 0.29) is 0 Å². The number of benzene rings is 2. The smallest absolute Gasteiger partial charge is 0.0629 e. The molecule has 2 aromatic carbocycles. The zero-order valence-corrected chi connectivity index (χ0v) is 14.7. The summed E-state index contributed by atoms with van der Waals surface area (Å²) in [6.07, 6.45) is 6.34. The summed E-state index contributed by atoms with van der Waals surface area (Å²) < 4.78 is 0. The van der Waals surface area contributed by atoms with Crippen molar-refractivity contribution in [3.05, 3.63) is 66.7 Å². The number of hydrogen-bond donors (Lipinski definition) is 0. The lowest BCUT2D eigenvalue weighted by Gasteiger charge is -2.27. The third kappa shape index (κ3) is 5.09. The number of aliphatic imine (C=N–C) groups is 1. The first-order chi connectivity index (χ1) is 11.8. The van der Waals surface area contributed by atoms with E-state index in [0.717, 1.165) is 23.5 Å². The number of rotatable bonds is 10. The Morgan fingerprint density at radius 3 is 2.42 bits per heavy atom. The number of hydrogen-bond acceptors (Lipinski definition) is 2. The van der Waals surface area contributed by atoms with E-state index < -0.39 is 0 Å². The van der Waals surface area contributed by atoms with Crippen LogP contribution in [0.2, 0.25) is 0 Å². The molecule has 0 aliphatic heterocycles. The lowest BCUT2D eigenvalue weighted by Crippen LogP contribution is -2.22. The van der Waals surface area contributed by atoms with Crippen molar-refractivity contribution >= 4 is 23.8 Å². The number of para-hydroxylation sites is 1. The van der Waals surface area contributed by atoms with Crippen molar-refractivity contribution in [3.8, 4) is 0 Å². The molecule has 0 fully saturated rings. The van der Waals surface area contributed by atoms with Crippen LogP contribution in [-0.4, -0.2) is 13.3 Å². The van der Waals surface area contributed by atoms with Gasteiger partial charge in [0.05, 0.1) is 5.69 Å². The van der Waals surface area contributed by atoms with Gasteiger partial charge in [-0.05, 0) is 43.0 Å². The molecule has 0 aromatic heterocycles. The molecule has 0 spiro atoms. The molecule has 0 saturated carbocycles. The summed E-state index contributed by atoms with van der Waals surface area (Å²) in [5, 5.41) is 0. The van der Waals surface area contributed by atoms with Crippen molar-refractivity contribution in [1.29, 1.82) is 0 Å². The fourth-order valence-corrected chi connectivity index (χ4v) is 2.84. The topological polar surface area (TPSA) is 15.6 Å². The number of nitrogens with zero attached hydrogens (tertiary/aromatic N) is 2. The van der Waals surface area contributed by atoms with Crippen molar-refractivity contribution in [2.24, 2.45) is 4.99 Å². The normalized spacial score (nSPS) is 10.4. The Labute approximate surface area is 146 Å². The van der Waals surface area contributed by atoms with Crippen molar-refractivity contribution < 1.29 is 0 Å². The van der Waals surface area contributed by atoms with Gasteiger partial charge in [0.1, 0.15) is 0 Å². The molecule has 2 nitrogen and oxygen atoms in total. The first-order valence-corrected chi connectivity index (χ1v) is 8.85. The molecule has 24 heavy (non-hydrogen) atoms. The van der Waals surface area contributed by atoms with Crippen LogP contribution >= 0.6 is 0 Å². The molecule has 2 aromatic rings. The first kappa shape index (κ1) is 18.0. The van der Waals surface area contributed by atoms with E-state index in [4.69, 9.17) is 0 Å². The van der Waals surface area contributed by atoms with Crippen LogP contribution in [0.1, 0.15) is 44.6 Å². The zero-order valence-electron chi connectivity index (χ0n) is 14.7. The van der Waals surface area contributed by atoms with Crippen LogP contribution in [0.4, 0.5) is 11.4 Å². The number of unbranched alkanes of at least 4 members (excludes halogenated alkanes) is 4. The molecular formula is C22H28N2. The van der Waals surface area contributed by atoms with E-state index >= 15 is 0 Å². The summed E-state index contributed by atoms with van der Waals surface area (Å²) in [4.78, 5) is 6.35. The van der Waals surface area contributed by atoms with E-state index in [0.29, 0.717) is 0 Å². The highest BCUT2D eigenvalue weighted by Gasteiger charge is 2.12. The molecule has 2 rings (SSSR count). The third-order valence-corrected chi connectivity index (χ3v) is 4.24. The van der Waals surface area contributed by atoms with Gasteiger partial charge in [-0.25, -0.2) is 0 Å². The Kier molecular flexibility index (Phi) is 7.28.